The van der Waals surface area contributed by atoms with E-state index in [2.05, 4.69) is 46.6 Å². The molecule has 1 atom stereocenters. The van der Waals surface area contributed by atoms with Crippen LogP contribution in [0.1, 0.15) is 38.2 Å². The molecule has 0 aliphatic rings. The van der Waals surface area contributed by atoms with Gasteiger partial charge in [-0.05, 0) is 23.1 Å². The van der Waals surface area contributed by atoms with E-state index in [0.717, 1.165) is 5.56 Å². The summed E-state index contributed by atoms with van der Waals surface area (Å²) in [6, 6.07) is 8.26. The Hall–Kier alpha value is -1.71. The molecule has 0 aliphatic carbocycles. The van der Waals surface area contributed by atoms with Crippen LogP contribution in [0.4, 0.5) is 0 Å². The molecule has 2 rings (SSSR count). The van der Waals surface area contributed by atoms with Crippen molar-refractivity contribution < 1.29 is 0 Å². The maximum Gasteiger partial charge on any atom is 0.204 e. The second-order valence-electron chi connectivity index (χ2n) is 4.01. The number of aromatic amines is 1. The first-order chi connectivity index (χ1) is 7.83. The van der Waals surface area contributed by atoms with Gasteiger partial charge in [0.1, 0.15) is 0 Å². The molecule has 0 saturated heterocycles. The number of nitrogens with one attached hydrogen (secondary N) is 1. The Bertz CT molecular complexity index is 436. The van der Waals surface area contributed by atoms with Crippen LogP contribution >= 0.6 is 0 Å². The number of nitrogens with zero attached hydrogens (tertiary/aromatic N) is 3. The number of rotatable bonds is 4. The number of aromatic nitrogens is 4. The fraction of sp³-hybridized carbons (Fsp3) is 0.417. The number of benzene rings is 1. The van der Waals surface area contributed by atoms with E-state index in [9.17, 15) is 0 Å². The van der Waals surface area contributed by atoms with Gasteiger partial charge < -0.3 is 0 Å². The number of hydrogen-bond donors (Lipinski definition) is 1. The molecule has 0 saturated carbocycles. The van der Waals surface area contributed by atoms with Gasteiger partial charge in [0.2, 0.25) is 5.82 Å². The van der Waals surface area contributed by atoms with Crippen molar-refractivity contribution in [1.82, 2.24) is 20.6 Å². The number of H-pyrrole nitrogens is 1. The first kappa shape index (κ1) is 10.8. The molecule has 16 heavy (non-hydrogen) atoms. The average molecular weight is 216 g/mol. The normalized spacial score (nSPS) is 12.6. The Morgan fingerprint density at radius 2 is 2.12 bits per heavy atom. The lowest BCUT2D eigenvalue weighted by Crippen LogP contribution is -1.97. The highest BCUT2D eigenvalue weighted by atomic mass is 15.5. The molecule has 4 nitrogen and oxygen atoms in total. The Kier molecular flexibility index (Phi) is 3.29. The zero-order valence-corrected chi connectivity index (χ0v) is 9.64. The fourth-order valence-corrected chi connectivity index (χ4v) is 1.99. The van der Waals surface area contributed by atoms with E-state index in [-0.39, 0.29) is 0 Å². The average Bonchev–Trinajstić information content (AvgIpc) is 2.83. The van der Waals surface area contributed by atoms with Crippen molar-refractivity contribution in [3.05, 3.63) is 29.8 Å². The summed E-state index contributed by atoms with van der Waals surface area (Å²) in [5.41, 5.74) is 2.38. The third-order valence-corrected chi connectivity index (χ3v) is 2.80. The molecule has 0 aliphatic heterocycles. The van der Waals surface area contributed by atoms with Gasteiger partial charge in [0.15, 0.2) is 0 Å². The quantitative estimate of drug-likeness (QED) is 0.855. The molecule has 1 aromatic carbocycles. The maximum absolute atomic E-state index is 4.04. The Labute approximate surface area is 95.1 Å². The molecule has 0 amide bonds. The predicted molar refractivity (Wildman–Crippen MR) is 62.9 cm³/mol. The van der Waals surface area contributed by atoms with Crippen LogP contribution in [0.15, 0.2) is 24.3 Å². The van der Waals surface area contributed by atoms with Crippen LogP contribution in [0.3, 0.4) is 0 Å². The van der Waals surface area contributed by atoms with Crippen LogP contribution in [0.2, 0.25) is 0 Å². The van der Waals surface area contributed by atoms with Crippen LogP contribution in [0.5, 0.6) is 0 Å². The highest BCUT2D eigenvalue weighted by molar-refractivity contribution is 5.60. The topological polar surface area (TPSA) is 54.5 Å². The highest BCUT2D eigenvalue weighted by Crippen LogP contribution is 2.28. The summed E-state index contributed by atoms with van der Waals surface area (Å²) in [5.74, 6) is 1.21. The number of hydrogen-bond acceptors (Lipinski definition) is 3. The second kappa shape index (κ2) is 4.88. The third-order valence-electron chi connectivity index (χ3n) is 2.80. The lowest BCUT2D eigenvalue weighted by atomic mass is 9.92. The Morgan fingerprint density at radius 1 is 1.31 bits per heavy atom. The molecule has 4 heteroatoms. The monoisotopic (exact) mass is 216 g/mol. The van der Waals surface area contributed by atoms with E-state index >= 15 is 0 Å². The van der Waals surface area contributed by atoms with Crippen LogP contribution < -0.4 is 0 Å². The molecule has 0 spiro atoms. The fourth-order valence-electron chi connectivity index (χ4n) is 1.99. The summed E-state index contributed by atoms with van der Waals surface area (Å²) in [6.07, 6.45) is 2.36. The van der Waals surface area contributed by atoms with Crippen LogP contribution in [0, 0.1) is 0 Å². The summed E-state index contributed by atoms with van der Waals surface area (Å²) in [6.45, 7) is 4.44. The maximum atomic E-state index is 4.04. The lowest BCUT2D eigenvalue weighted by Gasteiger charge is -2.13. The van der Waals surface area contributed by atoms with Crippen molar-refractivity contribution in [2.75, 3.05) is 0 Å². The molecule has 1 unspecified atom stereocenters. The van der Waals surface area contributed by atoms with Gasteiger partial charge in [0.25, 0.3) is 0 Å². The van der Waals surface area contributed by atoms with Gasteiger partial charge in [0, 0.05) is 5.56 Å². The van der Waals surface area contributed by atoms with Gasteiger partial charge in [0.05, 0.1) is 0 Å². The highest BCUT2D eigenvalue weighted by Gasteiger charge is 2.13. The summed E-state index contributed by atoms with van der Waals surface area (Å²) >= 11 is 0. The van der Waals surface area contributed by atoms with Crippen molar-refractivity contribution in [1.29, 1.82) is 0 Å². The SMILES string of the molecule is CCCC(C)c1ccccc1-c1nn[nH]n1. The van der Waals surface area contributed by atoms with Crippen LogP contribution in [0.25, 0.3) is 11.4 Å². The molecule has 0 radical (unpaired) electrons. The smallest absolute Gasteiger partial charge is 0.177 e. The van der Waals surface area contributed by atoms with E-state index in [4.69, 9.17) is 0 Å². The number of tetrazole rings is 1. The van der Waals surface area contributed by atoms with Gasteiger partial charge >= 0.3 is 0 Å². The molecule has 2 aromatic rings. The van der Waals surface area contributed by atoms with E-state index in [0.29, 0.717) is 11.7 Å². The van der Waals surface area contributed by atoms with E-state index in [1.807, 2.05) is 12.1 Å². The van der Waals surface area contributed by atoms with Gasteiger partial charge in [-0.1, -0.05) is 44.5 Å². The van der Waals surface area contributed by atoms with Crippen molar-refractivity contribution >= 4 is 0 Å². The largest absolute Gasteiger partial charge is 0.204 e. The second-order valence-corrected chi connectivity index (χ2v) is 4.01. The van der Waals surface area contributed by atoms with E-state index < -0.39 is 0 Å². The van der Waals surface area contributed by atoms with Crippen LogP contribution in [-0.4, -0.2) is 20.6 Å². The van der Waals surface area contributed by atoms with Crippen molar-refractivity contribution in [2.24, 2.45) is 0 Å². The minimum Gasteiger partial charge on any atom is -0.177 e. The lowest BCUT2D eigenvalue weighted by molar-refractivity contribution is 0.665. The molecule has 1 N–H and O–H groups in total. The zero-order chi connectivity index (χ0) is 11.4. The van der Waals surface area contributed by atoms with Gasteiger partial charge in [-0.15, -0.1) is 10.2 Å². The standard InChI is InChI=1S/C12H16N4/c1-3-6-9(2)10-7-4-5-8-11(10)12-13-15-16-14-12/h4-5,7-9H,3,6H2,1-2H3,(H,13,14,15,16). The van der Waals surface area contributed by atoms with Gasteiger partial charge in [-0.25, -0.2) is 0 Å². The van der Waals surface area contributed by atoms with Crippen molar-refractivity contribution in [2.45, 2.75) is 32.6 Å². The van der Waals surface area contributed by atoms with Crippen molar-refractivity contribution in [3.8, 4) is 11.4 Å². The predicted octanol–water partition coefficient (Wildman–Crippen LogP) is 2.77. The molecule has 0 fully saturated rings. The Morgan fingerprint density at radius 3 is 2.81 bits per heavy atom. The van der Waals surface area contributed by atoms with Gasteiger partial charge in [-0.2, -0.15) is 5.21 Å². The summed E-state index contributed by atoms with van der Waals surface area (Å²) in [7, 11) is 0. The minimum atomic E-state index is 0.527. The minimum absolute atomic E-state index is 0.527. The Balaban J connectivity index is 2.38. The zero-order valence-electron chi connectivity index (χ0n) is 9.64. The van der Waals surface area contributed by atoms with Gasteiger partial charge in [-0.3, -0.25) is 0 Å². The molecule has 1 aromatic heterocycles. The first-order valence-electron chi connectivity index (χ1n) is 5.65. The molecule has 1 heterocycles. The molecular formula is C12H16N4. The summed E-state index contributed by atoms with van der Waals surface area (Å²) in [5, 5.41) is 14.2. The summed E-state index contributed by atoms with van der Waals surface area (Å²) < 4.78 is 0. The van der Waals surface area contributed by atoms with Crippen LogP contribution in [-0.2, 0) is 0 Å². The first-order valence-corrected chi connectivity index (χ1v) is 5.65. The van der Waals surface area contributed by atoms with Crippen molar-refractivity contribution in [3.63, 3.8) is 0 Å². The molecular weight excluding hydrogens is 200 g/mol. The summed E-state index contributed by atoms with van der Waals surface area (Å²) in [4.78, 5) is 0. The van der Waals surface area contributed by atoms with E-state index in [1.165, 1.54) is 18.4 Å². The third kappa shape index (κ3) is 2.10. The van der Waals surface area contributed by atoms with E-state index in [1.54, 1.807) is 0 Å². The molecule has 0 bridgehead atoms. The molecule has 84 valence electrons.